The number of rotatable bonds is 4. The van der Waals surface area contributed by atoms with Crippen LogP contribution in [0.4, 0.5) is 4.79 Å². The van der Waals surface area contributed by atoms with Crippen LogP contribution in [0.25, 0.3) is 0 Å². The number of carbonyl (C=O) groups excluding carboxylic acids is 2. The van der Waals surface area contributed by atoms with Gasteiger partial charge in [-0.15, -0.1) is 0 Å². The van der Waals surface area contributed by atoms with Crippen molar-refractivity contribution in [1.82, 2.24) is 5.32 Å². The molecule has 0 aromatic heterocycles. The molecule has 1 N–H and O–H groups in total. The van der Waals surface area contributed by atoms with Crippen LogP contribution < -0.4 is 10.1 Å². The summed E-state index contributed by atoms with van der Waals surface area (Å²) in [6.45, 7) is 5.27. The van der Waals surface area contributed by atoms with Crippen molar-refractivity contribution in [1.29, 1.82) is 5.26 Å². The monoisotopic (exact) mass is 344 g/mol. The van der Waals surface area contributed by atoms with Crippen molar-refractivity contribution in [3.63, 3.8) is 0 Å². The first-order valence-electron chi connectivity index (χ1n) is 8.30. The maximum absolute atomic E-state index is 12.6. The van der Waals surface area contributed by atoms with Crippen molar-refractivity contribution < 1.29 is 19.1 Å². The van der Waals surface area contributed by atoms with Crippen LogP contribution in [0.5, 0.6) is 5.75 Å². The van der Waals surface area contributed by atoms with Crippen LogP contribution in [-0.4, -0.2) is 24.6 Å². The Morgan fingerprint density at radius 2 is 2.04 bits per heavy atom. The van der Waals surface area contributed by atoms with Crippen LogP contribution in [0.2, 0.25) is 0 Å². The Bertz CT molecular complexity index is 702. The minimum absolute atomic E-state index is 0.165. The molecule has 6 nitrogen and oxygen atoms in total. The van der Waals surface area contributed by atoms with Crippen molar-refractivity contribution in [2.24, 2.45) is 5.41 Å². The molecule has 1 aromatic rings. The number of hydrogen-bond donors (Lipinski definition) is 1. The number of methoxy groups -OCH3 is 1. The summed E-state index contributed by atoms with van der Waals surface area (Å²) in [6.07, 6.45) is 0.669. The van der Waals surface area contributed by atoms with Crippen molar-refractivity contribution in [3.8, 4) is 11.8 Å². The van der Waals surface area contributed by atoms with Gasteiger partial charge in [0.15, 0.2) is 5.78 Å². The maximum Gasteiger partial charge on any atom is 0.408 e. The number of Topliss-reactive ketones (excluding diaryl/α,β-unsaturated/α-hetero) is 1. The molecule has 0 aliphatic heterocycles. The molecule has 134 valence electrons. The highest BCUT2D eigenvalue weighted by atomic mass is 16.6. The zero-order valence-corrected chi connectivity index (χ0v) is 15.1. The van der Waals surface area contributed by atoms with Gasteiger partial charge in [0.2, 0.25) is 0 Å². The Labute approximate surface area is 148 Å². The van der Waals surface area contributed by atoms with Gasteiger partial charge in [-0.25, -0.2) is 4.79 Å². The molecule has 6 heteroatoms. The van der Waals surface area contributed by atoms with Gasteiger partial charge in [0.1, 0.15) is 16.8 Å². The number of amides is 1. The van der Waals surface area contributed by atoms with Crippen LogP contribution in [0, 0.1) is 16.7 Å². The molecule has 0 bridgehead atoms. The number of carbonyl (C=O) groups is 2. The number of nitrogens with zero attached hydrogens (tertiary/aromatic N) is 1. The van der Waals surface area contributed by atoms with E-state index < -0.39 is 23.2 Å². The van der Waals surface area contributed by atoms with Gasteiger partial charge >= 0.3 is 6.09 Å². The number of alkyl carbamates (subject to hydrolysis) is 1. The molecule has 25 heavy (non-hydrogen) atoms. The number of hydrogen-bond acceptors (Lipinski definition) is 5. The molecule has 1 aliphatic carbocycles. The normalized spacial score (nSPS) is 21.3. The summed E-state index contributed by atoms with van der Waals surface area (Å²) in [7, 11) is 1.51. The highest BCUT2D eigenvalue weighted by Gasteiger charge is 2.51. The van der Waals surface area contributed by atoms with E-state index in [0.717, 1.165) is 0 Å². The third-order valence-electron chi connectivity index (χ3n) is 4.28. The number of benzene rings is 1. The molecule has 1 saturated carbocycles. The van der Waals surface area contributed by atoms with E-state index in [2.05, 4.69) is 11.4 Å². The van der Waals surface area contributed by atoms with E-state index in [9.17, 15) is 14.9 Å². The average Bonchev–Trinajstić information content (AvgIpc) is 2.92. The Balaban J connectivity index is 2.47. The average molecular weight is 344 g/mol. The van der Waals surface area contributed by atoms with Gasteiger partial charge in [-0.3, -0.25) is 4.79 Å². The highest BCUT2D eigenvalue weighted by Crippen LogP contribution is 2.46. The van der Waals surface area contributed by atoms with Gasteiger partial charge in [-0.2, -0.15) is 5.26 Å². The number of ether oxygens (including phenoxy) is 2. The topological polar surface area (TPSA) is 88.4 Å². The van der Waals surface area contributed by atoms with Crippen LogP contribution in [-0.2, 0) is 9.53 Å². The summed E-state index contributed by atoms with van der Waals surface area (Å²) in [5, 5.41) is 12.6. The molecule has 1 fully saturated rings. The molecule has 1 aromatic carbocycles. The van der Waals surface area contributed by atoms with Crippen LogP contribution in [0.15, 0.2) is 24.3 Å². The molecule has 1 amide bonds. The lowest BCUT2D eigenvalue weighted by Crippen LogP contribution is -2.44. The summed E-state index contributed by atoms with van der Waals surface area (Å²) in [5.74, 6) is 0.347. The van der Waals surface area contributed by atoms with Crippen molar-refractivity contribution in [2.75, 3.05) is 7.11 Å². The second kappa shape index (κ2) is 7.14. The number of nitrogens with one attached hydrogen (secondary N) is 1. The Hall–Kier alpha value is -2.55. The third-order valence-corrected chi connectivity index (χ3v) is 4.28. The zero-order valence-electron chi connectivity index (χ0n) is 15.1. The molecule has 0 radical (unpaired) electrons. The lowest BCUT2D eigenvalue weighted by molar-refractivity contribution is -0.124. The summed E-state index contributed by atoms with van der Waals surface area (Å²) in [4.78, 5) is 24.9. The van der Waals surface area contributed by atoms with E-state index >= 15 is 0 Å². The molecule has 0 unspecified atom stereocenters. The van der Waals surface area contributed by atoms with E-state index in [-0.39, 0.29) is 5.78 Å². The summed E-state index contributed by atoms with van der Waals surface area (Å²) in [6, 6.07) is 8.41. The van der Waals surface area contributed by atoms with Crippen LogP contribution in [0.3, 0.4) is 0 Å². The maximum atomic E-state index is 12.6. The van der Waals surface area contributed by atoms with Gasteiger partial charge in [0.05, 0.1) is 19.2 Å². The second-order valence-corrected chi connectivity index (χ2v) is 7.18. The highest BCUT2D eigenvalue weighted by molar-refractivity contribution is 5.91. The number of nitriles is 1. The van der Waals surface area contributed by atoms with Crippen LogP contribution in [0.1, 0.15) is 51.6 Å². The Morgan fingerprint density at radius 1 is 1.36 bits per heavy atom. The van der Waals surface area contributed by atoms with Gasteiger partial charge < -0.3 is 14.8 Å². The third kappa shape index (κ3) is 3.93. The lowest BCUT2D eigenvalue weighted by Gasteiger charge is -2.32. The first-order valence-corrected chi connectivity index (χ1v) is 8.30. The number of para-hydroxylation sites is 1. The zero-order chi connectivity index (χ0) is 18.7. The molecule has 2 rings (SSSR count). The van der Waals surface area contributed by atoms with Gasteiger partial charge in [-0.05, 0) is 39.7 Å². The summed E-state index contributed by atoms with van der Waals surface area (Å²) < 4.78 is 10.7. The fourth-order valence-electron chi connectivity index (χ4n) is 3.18. The fraction of sp³-hybridized carbons (Fsp3) is 0.526. The molecular formula is C19H24N2O4. The van der Waals surface area contributed by atoms with Gasteiger partial charge in [0.25, 0.3) is 0 Å². The van der Waals surface area contributed by atoms with Crippen LogP contribution >= 0.6 is 0 Å². The first-order chi connectivity index (χ1) is 11.7. The van der Waals surface area contributed by atoms with Crippen molar-refractivity contribution >= 4 is 11.9 Å². The van der Waals surface area contributed by atoms with Crippen molar-refractivity contribution in [3.05, 3.63) is 29.8 Å². The van der Waals surface area contributed by atoms with Gasteiger partial charge in [-0.1, -0.05) is 18.2 Å². The van der Waals surface area contributed by atoms with E-state index in [0.29, 0.717) is 30.6 Å². The standard InChI is InChI=1S/C19H24N2O4/c1-18(2,3)25-17(23)21-16(13-8-5-6-9-14(13)24-4)19(12-20)11-7-10-15(19)22/h5-6,8-9,16H,7,10-11H2,1-4H3,(H,21,23)/t16-,19+/m0/s1. The predicted molar refractivity (Wildman–Crippen MR) is 92.0 cm³/mol. The quantitative estimate of drug-likeness (QED) is 0.903. The molecule has 0 heterocycles. The smallest absolute Gasteiger partial charge is 0.408 e. The summed E-state index contributed by atoms with van der Waals surface area (Å²) >= 11 is 0. The SMILES string of the molecule is COc1ccccc1[C@H](NC(=O)OC(C)(C)C)[C@@]1(C#N)CCCC1=O. The van der Waals surface area contributed by atoms with E-state index in [1.807, 2.05) is 0 Å². The Kier molecular flexibility index (Phi) is 5.36. The minimum atomic E-state index is -1.31. The predicted octanol–water partition coefficient (Wildman–Crippen LogP) is 3.52. The van der Waals surface area contributed by atoms with Gasteiger partial charge in [0, 0.05) is 12.0 Å². The van der Waals surface area contributed by atoms with E-state index in [1.54, 1.807) is 45.0 Å². The second-order valence-electron chi connectivity index (χ2n) is 7.18. The molecule has 0 saturated heterocycles. The number of ketones is 1. The molecule has 0 spiro atoms. The van der Waals surface area contributed by atoms with E-state index in [4.69, 9.17) is 9.47 Å². The van der Waals surface area contributed by atoms with E-state index in [1.165, 1.54) is 7.11 Å². The first kappa shape index (κ1) is 18.8. The van der Waals surface area contributed by atoms with Crippen molar-refractivity contribution in [2.45, 2.75) is 51.7 Å². The largest absolute Gasteiger partial charge is 0.496 e. The Morgan fingerprint density at radius 3 is 2.56 bits per heavy atom. The molecular weight excluding hydrogens is 320 g/mol. The molecule has 1 aliphatic rings. The lowest BCUT2D eigenvalue weighted by atomic mass is 9.75. The molecule has 2 atom stereocenters. The summed E-state index contributed by atoms with van der Waals surface area (Å²) in [5.41, 5.74) is -1.41. The fourth-order valence-corrected chi connectivity index (χ4v) is 3.18. The minimum Gasteiger partial charge on any atom is -0.496 e.